The molecule has 2 rings (SSSR count). The topological polar surface area (TPSA) is 3.24 Å². The van der Waals surface area contributed by atoms with Crippen LogP contribution >= 0.6 is 8.58 Å². The first-order valence-electron chi connectivity index (χ1n) is 6.66. The van der Waals surface area contributed by atoms with Crippen LogP contribution in [0, 0.1) is 5.92 Å². The second-order valence-electron chi connectivity index (χ2n) is 5.42. The van der Waals surface area contributed by atoms with Crippen LogP contribution in [-0.4, -0.2) is 30.7 Å². The van der Waals surface area contributed by atoms with Gasteiger partial charge < -0.3 is 4.90 Å². The van der Waals surface area contributed by atoms with Crippen LogP contribution < -0.4 is 5.30 Å². The first-order chi connectivity index (χ1) is 8.18. The van der Waals surface area contributed by atoms with Crippen molar-refractivity contribution in [3.63, 3.8) is 0 Å². The number of hydrogen-bond donors (Lipinski definition) is 0. The van der Waals surface area contributed by atoms with Crippen molar-refractivity contribution in [1.82, 2.24) is 4.90 Å². The lowest BCUT2D eigenvalue weighted by Crippen LogP contribution is -2.35. The van der Waals surface area contributed by atoms with Gasteiger partial charge in [0.2, 0.25) is 0 Å². The number of benzene rings is 1. The monoisotopic (exact) mass is 249 g/mol. The van der Waals surface area contributed by atoms with Crippen LogP contribution in [0.3, 0.4) is 0 Å². The third kappa shape index (κ3) is 3.30. The summed E-state index contributed by atoms with van der Waals surface area (Å²) < 4.78 is 0. The van der Waals surface area contributed by atoms with Crippen molar-refractivity contribution in [3.8, 4) is 0 Å². The van der Waals surface area contributed by atoms with Crippen molar-refractivity contribution in [2.75, 3.05) is 14.1 Å². The lowest BCUT2D eigenvalue weighted by atomic mass is 9.99. The fourth-order valence-electron chi connectivity index (χ4n) is 2.88. The summed E-state index contributed by atoms with van der Waals surface area (Å²) in [6.45, 7) is 2.39. The molecule has 0 aliphatic heterocycles. The minimum atomic E-state index is 0.721. The van der Waals surface area contributed by atoms with Crippen molar-refractivity contribution >= 4 is 13.9 Å². The van der Waals surface area contributed by atoms with E-state index in [1.807, 2.05) is 0 Å². The van der Waals surface area contributed by atoms with E-state index in [1.54, 1.807) is 0 Å². The van der Waals surface area contributed by atoms with E-state index in [2.05, 4.69) is 56.3 Å². The molecule has 2 heteroatoms. The van der Waals surface area contributed by atoms with E-state index >= 15 is 0 Å². The van der Waals surface area contributed by atoms with Crippen molar-refractivity contribution in [2.24, 2.45) is 5.92 Å². The predicted octanol–water partition coefficient (Wildman–Crippen LogP) is 3.11. The lowest BCUT2D eigenvalue weighted by molar-refractivity contribution is 0.232. The first-order valence-corrected chi connectivity index (χ1v) is 7.74. The smallest absolute Gasteiger partial charge is 0.00951 e. The van der Waals surface area contributed by atoms with Crippen LogP contribution in [0.4, 0.5) is 0 Å². The van der Waals surface area contributed by atoms with Gasteiger partial charge in [0.15, 0.2) is 0 Å². The molecule has 0 N–H and O–H groups in total. The zero-order chi connectivity index (χ0) is 12.3. The first kappa shape index (κ1) is 13.1. The molecule has 1 fully saturated rings. The Kier molecular flexibility index (Phi) is 4.59. The van der Waals surface area contributed by atoms with Gasteiger partial charge in [-0.25, -0.2) is 0 Å². The molecule has 0 amide bonds. The van der Waals surface area contributed by atoms with Gasteiger partial charge in [-0.2, -0.15) is 0 Å². The molecule has 0 heterocycles. The molecule has 0 spiro atoms. The van der Waals surface area contributed by atoms with Gasteiger partial charge in [-0.1, -0.05) is 45.3 Å². The summed E-state index contributed by atoms with van der Waals surface area (Å²) in [5.41, 5.74) is 0.912. The van der Waals surface area contributed by atoms with Crippen molar-refractivity contribution < 1.29 is 0 Å². The highest BCUT2D eigenvalue weighted by Crippen LogP contribution is 2.40. The zero-order valence-corrected chi connectivity index (χ0v) is 12.2. The largest absolute Gasteiger partial charge is 0.306 e. The summed E-state index contributed by atoms with van der Waals surface area (Å²) in [5.74, 6) is 0.892. The highest BCUT2D eigenvalue weighted by atomic mass is 31.1. The van der Waals surface area contributed by atoms with E-state index in [-0.39, 0.29) is 0 Å². The summed E-state index contributed by atoms with van der Waals surface area (Å²) in [5, 5.41) is 1.54. The van der Waals surface area contributed by atoms with Crippen LogP contribution in [0.2, 0.25) is 0 Å². The fourth-order valence-corrected chi connectivity index (χ4v) is 4.70. The van der Waals surface area contributed by atoms with E-state index < -0.39 is 0 Å². The average molecular weight is 249 g/mol. The van der Waals surface area contributed by atoms with Crippen LogP contribution in [0.25, 0.3) is 0 Å². The summed E-state index contributed by atoms with van der Waals surface area (Å²) >= 11 is 0. The zero-order valence-electron chi connectivity index (χ0n) is 11.2. The van der Waals surface area contributed by atoms with Gasteiger partial charge in [0, 0.05) is 6.04 Å². The molecule has 0 bridgehead atoms. The fraction of sp³-hybridized carbons (Fsp3) is 0.600. The van der Waals surface area contributed by atoms with Gasteiger partial charge in [0.25, 0.3) is 0 Å². The maximum Gasteiger partial charge on any atom is 0.00951 e. The Labute approximate surface area is 107 Å². The summed E-state index contributed by atoms with van der Waals surface area (Å²) in [7, 11) is 5.43. The molecule has 17 heavy (non-hydrogen) atoms. The number of hydrogen-bond acceptors (Lipinski definition) is 1. The summed E-state index contributed by atoms with van der Waals surface area (Å²) in [4.78, 5) is 2.39. The molecule has 0 saturated heterocycles. The molecule has 0 radical (unpaired) electrons. The molecule has 1 aliphatic carbocycles. The highest BCUT2D eigenvalue weighted by Gasteiger charge is 2.32. The van der Waals surface area contributed by atoms with Crippen LogP contribution in [0.5, 0.6) is 0 Å². The average Bonchev–Trinajstić information content (AvgIpc) is 2.77. The predicted molar refractivity (Wildman–Crippen MR) is 78.7 cm³/mol. The Morgan fingerprint density at radius 1 is 1.18 bits per heavy atom. The van der Waals surface area contributed by atoms with Gasteiger partial charge in [-0.05, 0) is 50.7 Å². The second kappa shape index (κ2) is 5.98. The van der Waals surface area contributed by atoms with E-state index in [4.69, 9.17) is 0 Å². The van der Waals surface area contributed by atoms with E-state index in [1.165, 1.54) is 24.6 Å². The Morgan fingerprint density at radius 3 is 2.53 bits per heavy atom. The standard InChI is InChI=1S/C15H24NP/c1-12(16(2)3)14-10-7-11-15(14)17-13-8-5-4-6-9-13/h4-6,8-9,12,14-15,17H,7,10-11H2,1-3H3/t12-,14?,15+/m1/s1. The SMILES string of the molecule is C[C@H](C1CCC[C@@H]1Pc1ccccc1)N(C)C. The molecule has 1 aromatic rings. The molecule has 1 nitrogen and oxygen atoms in total. The molecule has 4 atom stereocenters. The Balaban J connectivity index is 2.00. The summed E-state index contributed by atoms with van der Waals surface area (Å²) in [6.07, 6.45) is 4.27. The van der Waals surface area contributed by atoms with E-state index in [0.29, 0.717) is 0 Å². The molecule has 1 saturated carbocycles. The second-order valence-corrected chi connectivity index (χ2v) is 7.02. The van der Waals surface area contributed by atoms with Crippen molar-refractivity contribution in [1.29, 1.82) is 0 Å². The van der Waals surface area contributed by atoms with Gasteiger partial charge in [0.1, 0.15) is 0 Å². The molecule has 94 valence electrons. The highest BCUT2D eigenvalue weighted by molar-refractivity contribution is 7.48. The minimum Gasteiger partial charge on any atom is -0.306 e. The molecule has 1 aliphatic rings. The van der Waals surface area contributed by atoms with Gasteiger partial charge >= 0.3 is 0 Å². The molecule has 0 aromatic heterocycles. The molecule has 2 unspecified atom stereocenters. The molecule has 1 aromatic carbocycles. The van der Waals surface area contributed by atoms with Gasteiger partial charge in [-0.15, -0.1) is 0 Å². The Bertz CT molecular complexity index is 336. The normalized spacial score (nSPS) is 27.1. The quantitative estimate of drug-likeness (QED) is 0.741. The Morgan fingerprint density at radius 2 is 1.88 bits per heavy atom. The van der Waals surface area contributed by atoms with Crippen molar-refractivity contribution in [3.05, 3.63) is 30.3 Å². The molecular formula is C15H24NP. The van der Waals surface area contributed by atoms with Crippen LogP contribution in [-0.2, 0) is 0 Å². The third-order valence-electron chi connectivity index (χ3n) is 4.13. The van der Waals surface area contributed by atoms with Gasteiger partial charge in [-0.3, -0.25) is 0 Å². The van der Waals surface area contributed by atoms with Crippen LogP contribution in [0.1, 0.15) is 26.2 Å². The number of nitrogens with zero attached hydrogens (tertiary/aromatic N) is 1. The van der Waals surface area contributed by atoms with Crippen LogP contribution in [0.15, 0.2) is 30.3 Å². The Hall–Kier alpha value is -0.390. The number of rotatable bonds is 4. The maximum absolute atomic E-state index is 2.39. The van der Waals surface area contributed by atoms with E-state index in [0.717, 1.165) is 26.2 Å². The maximum atomic E-state index is 2.39. The molecular weight excluding hydrogens is 225 g/mol. The minimum absolute atomic E-state index is 0.721. The van der Waals surface area contributed by atoms with E-state index in [9.17, 15) is 0 Å². The third-order valence-corrected chi connectivity index (χ3v) is 5.88. The van der Waals surface area contributed by atoms with Crippen molar-refractivity contribution in [2.45, 2.75) is 37.9 Å². The summed E-state index contributed by atoms with van der Waals surface area (Å²) in [6, 6.07) is 11.7. The van der Waals surface area contributed by atoms with Gasteiger partial charge in [0.05, 0.1) is 0 Å². The lowest BCUT2D eigenvalue weighted by Gasteiger charge is -2.30.